The van der Waals surface area contributed by atoms with E-state index in [0.717, 1.165) is 52.4 Å². The van der Waals surface area contributed by atoms with Gasteiger partial charge in [0.15, 0.2) is 0 Å². The first-order valence-corrected chi connectivity index (χ1v) is 33.5. The van der Waals surface area contributed by atoms with Gasteiger partial charge in [-0.15, -0.1) is 0 Å². The lowest BCUT2D eigenvalue weighted by Gasteiger charge is -2.09. The maximum absolute atomic E-state index is 9.89. The first kappa shape index (κ1) is 95.7. The molecule has 8 aromatic heterocycles. The number of aryl methyl sites for hydroxylation is 16. The van der Waals surface area contributed by atoms with Gasteiger partial charge >= 0.3 is 0 Å². The molecule has 0 amide bonds. The van der Waals surface area contributed by atoms with Crippen molar-refractivity contribution in [3.8, 4) is 0 Å². The van der Waals surface area contributed by atoms with E-state index < -0.39 is 29.6 Å². The summed E-state index contributed by atoms with van der Waals surface area (Å²) in [5.74, 6) is 0. The largest absolute Gasteiger partial charge is 0.867 e. The standard InChI is InChI=1S/8C8H15N2.4BFO2/c8*1-3-4-5-10-7-6-9(2)8-10;4*2-1(3)4/h8*6-8H,3-5H2,1-2H3;;;;/q8*+1;4*-2. The second-order valence-corrected chi connectivity index (χ2v) is 22.5. The van der Waals surface area contributed by atoms with Crippen molar-refractivity contribution in [1.29, 1.82) is 0 Å². The topological polar surface area (TPSA) is 255 Å². The first-order valence-electron chi connectivity index (χ1n) is 33.5. The van der Waals surface area contributed by atoms with Crippen molar-refractivity contribution in [3.63, 3.8) is 0 Å². The van der Waals surface area contributed by atoms with Crippen LogP contribution >= 0.6 is 0 Å². The molecule has 0 N–H and O–H groups in total. The molecule has 0 radical (unpaired) electrons. The molecule has 8 heterocycles. The molecule has 544 valence electrons. The van der Waals surface area contributed by atoms with Crippen LogP contribution in [-0.4, -0.2) is 66.1 Å². The van der Waals surface area contributed by atoms with Gasteiger partial charge < -0.3 is 57.5 Å². The Labute approximate surface area is 574 Å². The molecule has 0 bridgehead atoms. The Morgan fingerprint density at radius 1 is 0.219 bits per heavy atom. The number of rotatable bonds is 24. The van der Waals surface area contributed by atoms with Crippen molar-refractivity contribution in [1.82, 2.24) is 36.5 Å². The molecule has 0 aliphatic heterocycles. The minimum absolute atomic E-state index is 1.15. The van der Waals surface area contributed by atoms with Crippen molar-refractivity contribution >= 4 is 29.6 Å². The van der Waals surface area contributed by atoms with Crippen molar-refractivity contribution in [3.05, 3.63) is 150 Å². The summed E-state index contributed by atoms with van der Waals surface area (Å²) in [4.78, 5) is 0. The number of imidazole rings is 8. The number of halogens is 4. The van der Waals surface area contributed by atoms with Crippen LogP contribution in [0.3, 0.4) is 0 Å². The number of hydrogen-bond acceptors (Lipinski definition) is 8. The maximum Gasteiger partial charge on any atom is 0.243 e. The lowest BCUT2D eigenvalue weighted by atomic mass is 10.3. The summed E-state index contributed by atoms with van der Waals surface area (Å²) in [6.45, 7) is 26.9. The molecule has 0 aromatic carbocycles. The summed E-state index contributed by atoms with van der Waals surface area (Å²) < 4.78 is 73.8. The number of aromatic nitrogens is 16. The van der Waals surface area contributed by atoms with Gasteiger partial charge in [-0.25, -0.2) is 73.1 Å². The van der Waals surface area contributed by atoms with Crippen molar-refractivity contribution < 1.29 is 94.0 Å². The molecule has 0 fully saturated rings. The van der Waals surface area contributed by atoms with E-state index in [4.69, 9.17) is 40.2 Å². The van der Waals surface area contributed by atoms with Crippen LogP contribution in [0.15, 0.2) is 150 Å². The van der Waals surface area contributed by atoms with Crippen LogP contribution in [0.4, 0.5) is 17.3 Å². The van der Waals surface area contributed by atoms with Gasteiger partial charge in [0.2, 0.25) is 50.6 Å². The highest BCUT2D eigenvalue weighted by Gasteiger charge is 2.02. The van der Waals surface area contributed by atoms with E-state index in [2.05, 4.69) is 278 Å². The van der Waals surface area contributed by atoms with Gasteiger partial charge in [0, 0.05) is 0 Å². The van der Waals surface area contributed by atoms with Crippen LogP contribution in [0.2, 0.25) is 0 Å². The molecule has 8 aromatic rings. The number of nitrogens with zero attached hydrogens (tertiary/aromatic N) is 16. The SMILES string of the molecule is CCCC[n+]1ccn(C)c1.CCCC[n+]1ccn(C)c1.CCCC[n+]1ccn(C)c1.CCCC[n+]1ccn(C)c1.CCCC[n+]1ccn(C)c1.CCCC[n+]1ccn(C)c1.CCCC[n+]1ccn(C)c1.CCCC[n+]1ccn(C)c1.[O-]B([O-])F.[O-]B([O-])F.[O-]B([O-])F.[O-]B([O-])F. The minimum Gasteiger partial charge on any atom is -0.867 e. The molecular formula is C64H120B4F4N16O8. The van der Waals surface area contributed by atoms with E-state index in [1.54, 1.807) is 0 Å². The average molecular weight is 1360 g/mol. The fraction of sp³-hybridized carbons (Fsp3) is 0.625. The van der Waals surface area contributed by atoms with E-state index in [0.29, 0.717) is 0 Å². The second kappa shape index (κ2) is 65.6. The van der Waals surface area contributed by atoms with Gasteiger partial charge in [-0.2, -0.15) is 0 Å². The van der Waals surface area contributed by atoms with Gasteiger partial charge in [0.05, 0.1) is 109 Å². The molecule has 0 atom stereocenters. The molecule has 32 heteroatoms. The van der Waals surface area contributed by atoms with E-state index in [1.807, 2.05) is 56.4 Å². The highest BCUT2D eigenvalue weighted by atomic mass is 19.1. The Kier molecular flexibility index (Phi) is 65.4. The molecular weight excluding hydrogens is 1240 g/mol. The summed E-state index contributed by atoms with van der Waals surface area (Å²) in [6, 6.07) is 0. The normalized spacial score (nSPS) is 9.62. The summed E-state index contributed by atoms with van der Waals surface area (Å²) in [7, 11) is 3.69. The van der Waals surface area contributed by atoms with Gasteiger partial charge in [0.25, 0.3) is 0 Å². The number of unbranched alkanes of at least 4 members (excludes halogenated alkanes) is 8. The molecule has 0 aliphatic carbocycles. The molecule has 0 spiro atoms. The predicted molar refractivity (Wildman–Crippen MR) is 352 cm³/mol. The summed E-state index contributed by atoms with van der Waals surface area (Å²) in [6.07, 6.45) is 70.5. The van der Waals surface area contributed by atoms with Crippen LogP contribution in [0.5, 0.6) is 0 Å². The lowest BCUT2D eigenvalue weighted by molar-refractivity contribution is -0.696. The third-order valence-corrected chi connectivity index (χ3v) is 12.7. The summed E-state index contributed by atoms with van der Waals surface area (Å²) >= 11 is 0. The van der Waals surface area contributed by atoms with Crippen LogP contribution in [0.25, 0.3) is 0 Å². The quantitative estimate of drug-likeness (QED) is 0.0434. The van der Waals surface area contributed by atoms with Crippen molar-refractivity contribution in [2.45, 2.75) is 210 Å². The molecule has 8 rings (SSSR count). The minimum atomic E-state index is -3.17. The summed E-state index contributed by atoms with van der Waals surface area (Å²) in [5.41, 5.74) is 0. The Hall–Kier alpha value is -6.66. The molecule has 0 saturated heterocycles. The van der Waals surface area contributed by atoms with E-state index >= 15 is 0 Å². The van der Waals surface area contributed by atoms with Gasteiger partial charge in [-0.3, -0.25) is 0 Å². The highest BCUT2D eigenvalue weighted by Crippen LogP contribution is 1.92. The smallest absolute Gasteiger partial charge is 0.243 e. The average Bonchev–Trinajstić information content (AvgIpc) is 3.62. The Balaban J connectivity index is -0.000000488. The van der Waals surface area contributed by atoms with Crippen LogP contribution in [0, 0.1) is 0 Å². The summed E-state index contributed by atoms with van der Waals surface area (Å²) in [5, 5.41) is 66.4. The van der Waals surface area contributed by atoms with Crippen LogP contribution < -0.4 is 76.7 Å². The Morgan fingerprint density at radius 2 is 0.302 bits per heavy atom. The van der Waals surface area contributed by atoms with E-state index in [9.17, 15) is 17.3 Å². The zero-order valence-electron chi connectivity index (χ0n) is 61.1. The first-order chi connectivity index (χ1) is 45.5. The molecule has 0 aliphatic rings. The fourth-order valence-electron chi connectivity index (χ4n) is 7.80. The van der Waals surface area contributed by atoms with E-state index in [-0.39, 0.29) is 0 Å². The molecule has 96 heavy (non-hydrogen) atoms. The van der Waals surface area contributed by atoms with Crippen LogP contribution in [-0.2, 0) is 109 Å². The maximum atomic E-state index is 9.89. The molecule has 0 unspecified atom stereocenters. The lowest BCUT2D eigenvalue weighted by Crippen LogP contribution is -2.39. The fourth-order valence-corrected chi connectivity index (χ4v) is 7.80. The number of hydrogen-bond donors (Lipinski definition) is 0. The van der Waals surface area contributed by atoms with Gasteiger partial charge in [-0.05, 0) is 51.4 Å². The molecule has 0 saturated carbocycles. The Bertz CT molecular complexity index is 2320. The highest BCUT2D eigenvalue weighted by molar-refractivity contribution is 6.27. The molecule has 24 nitrogen and oxygen atoms in total. The second-order valence-electron chi connectivity index (χ2n) is 22.5. The van der Waals surface area contributed by atoms with Gasteiger partial charge in [-0.1, -0.05) is 107 Å². The van der Waals surface area contributed by atoms with E-state index in [1.165, 1.54) is 103 Å². The zero-order valence-corrected chi connectivity index (χ0v) is 61.1. The van der Waals surface area contributed by atoms with Crippen molar-refractivity contribution in [2.24, 2.45) is 56.4 Å². The Morgan fingerprint density at radius 3 is 0.354 bits per heavy atom. The van der Waals surface area contributed by atoms with Gasteiger partial charge in [0.1, 0.15) is 129 Å². The van der Waals surface area contributed by atoms with Crippen molar-refractivity contribution in [2.75, 3.05) is 0 Å². The zero-order chi connectivity index (χ0) is 73.5. The predicted octanol–water partition coefficient (Wildman–Crippen LogP) is -0.453. The monoisotopic (exact) mass is 1360 g/mol. The third kappa shape index (κ3) is 68.7. The third-order valence-electron chi connectivity index (χ3n) is 12.7. The van der Waals surface area contributed by atoms with Crippen LogP contribution in [0.1, 0.15) is 158 Å².